The third-order valence-corrected chi connectivity index (χ3v) is 7.08. The van der Waals surface area contributed by atoms with Gasteiger partial charge >= 0.3 is 0 Å². The van der Waals surface area contributed by atoms with Crippen molar-refractivity contribution in [1.29, 1.82) is 0 Å². The molecule has 0 radical (unpaired) electrons. The number of hydrogen-bond acceptors (Lipinski definition) is 4. The van der Waals surface area contributed by atoms with Gasteiger partial charge in [-0.05, 0) is 42.8 Å². The van der Waals surface area contributed by atoms with Crippen LogP contribution in [0.15, 0.2) is 67.4 Å². The van der Waals surface area contributed by atoms with Crippen molar-refractivity contribution in [2.75, 3.05) is 19.8 Å². The standard InChI is InChI=1S/C28H26Cl2N2O3/c1-18(2)19-4-11-25-24(12-19)26(33)32(14-23-10-9-22(30)13-31-23)28(25,20-5-7-21(29)8-6-20)35-17-27(3)15-34-16-27/h4-13H,1,14-17H2,2-3H3. The second kappa shape index (κ2) is 9.07. The Bertz CT molecular complexity index is 1290. The topological polar surface area (TPSA) is 51.7 Å². The molecule has 0 spiro atoms. The maximum absolute atomic E-state index is 14.0. The average Bonchev–Trinajstić information content (AvgIpc) is 3.06. The minimum Gasteiger partial charge on any atom is -0.380 e. The number of pyridine rings is 1. The van der Waals surface area contributed by atoms with E-state index in [1.165, 1.54) is 0 Å². The van der Waals surface area contributed by atoms with E-state index in [-0.39, 0.29) is 17.9 Å². The van der Waals surface area contributed by atoms with Gasteiger partial charge in [0.2, 0.25) is 0 Å². The number of amides is 1. The molecule has 0 saturated carbocycles. The lowest BCUT2D eigenvalue weighted by Gasteiger charge is -2.44. The SMILES string of the molecule is C=C(C)c1ccc2c(c1)C(=O)N(Cc1ccc(Cl)cn1)C2(OCC1(C)COC1)c1ccc(Cl)cc1. The molecule has 5 nitrogen and oxygen atoms in total. The molecule has 3 heterocycles. The van der Waals surface area contributed by atoms with Gasteiger partial charge < -0.3 is 9.47 Å². The van der Waals surface area contributed by atoms with Crippen molar-refractivity contribution in [3.05, 3.63) is 105 Å². The second-order valence-electron chi connectivity index (χ2n) is 9.64. The summed E-state index contributed by atoms with van der Waals surface area (Å²) in [6.45, 7) is 9.98. The lowest BCUT2D eigenvalue weighted by atomic mass is 9.88. The number of allylic oxidation sites excluding steroid dienone is 1. The van der Waals surface area contributed by atoms with Crippen LogP contribution in [0, 0.1) is 5.41 Å². The molecule has 1 amide bonds. The average molecular weight is 509 g/mol. The molecule has 2 aromatic carbocycles. The number of carbonyl (C=O) groups excluding carboxylic acids is 1. The lowest BCUT2D eigenvalue weighted by molar-refractivity contribution is -0.192. The highest BCUT2D eigenvalue weighted by molar-refractivity contribution is 6.30. The van der Waals surface area contributed by atoms with Gasteiger partial charge in [0.1, 0.15) is 0 Å². The monoisotopic (exact) mass is 508 g/mol. The minimum atomic E-state index is -1.16. The zero-order valence-electron chi connectivity index (χ0n) is 19.7. The predicted octanol–water partition coefficient (Wildman–Crippen LogP) is 6.33. The van der Waals surface area contributed by atoms with Gasteiger partial charge in [-0.2, -0.15) is 0 Å². The Morgan fingerprint density at radius 3 is 2.43 bits per heavy atom. The Morgan fingerprint density at radius 1 is 1.11 bits per heavy atom. The van der Waals surface area contributed by atoms with Crippen molar-refractivity contribution in [2.45, 2.75) is 26.1 Å². The minimum absolute atomic E-state index is 0.132. The summed E-state index contributed by atoms with van der Waals surface area (Å²) in [6, 6.07) is 16.9. The maximum Gasteiger partial charge on any atom is 0.257 e. The van der Waals surface area contributed by atoms with Gasteiger partial charge in [0.25, 0.3) is 5.91 Å². The van der Waals surface area contributed by atoms with Crippen LogP contribution in [0.25, 0.3) is 5.57 Å². The smallest absolute Gasteiger partial charge is 0.257 e. The van der Waals surface area contributed by atoms with Crippen LogP contribution in [0.2, 0.25) is 10.0 Å². The fourth-order valence-corrected chi connectivity index (χ4v) is 4.84. The van der Waals surface area contributed by atoms with Crippen LogP contribution in [-0.2, 0) is 21.7 Å². The molecule has 3 aromatic rings. The van der Waals surface area contributed by atoms with Crippen LogP contribution < -0.4 is 0 Å². The Balaban J connectivity index is 1.69. The number of rotatable bonds is 7. The highest BCUT2D eigenvalue weighted by Crippen LogP contribution is 2.48. The van der Waals surface area contributed by atoms with E-state index in [1.807, 2.05) is 55.5 Å². The van der Waals surface area contributed by atoms with Gasteiger partial charge in [0.05, 0.1) is 37.1 Å². The zero-order chi connectivity index (χ0) is 24.8. The van der Waals surface area contributed by atoms with E-state index in [0.29, 0.717) is 41.1 Å². The molecule has 180 valence electrons. The Labute approximate surface area is 215 Å². The summed E-state index contributed by atoms with van der Waals surface area (Å²) in [5.41, 5.74) is 3.39. The quantitative estimate of drug-likeness (QED) is 0.374. The van der Waals surface area contributed by atoms with Gasteiger partial charge in [-0.1, -0.05) is 66.5 Å². The van der Waals surface area contributed by atoms with Crippen LogP contribution in [0.4, 0.5) is 0 Å². The second-order valence-corrected chi connectivity index (χ2v) is 10.5. The van der Waals surface area contributed by atoms with Crippen molar-refractivity contribution < 1.29 is 14.3 Å². The molecule has 1 unspecified atom stereocenters. The number of ether oxygens (including phenoxy) is 2. The number of benzene rings is 2. The highest BCUT2D eigenvalue weighted by atomic mass is 35.5. The molecular weight excluding hydrogens is 483 g/mol. The van der Waals surface area contributed by atoms with Crippen molar-refractivity contribution in [3.8, 4) is 0 Å². The summed E-state index contributed by atoms with van der Waals surface area (Å²) in [6.07, 6.45) is 1.58. The molecule has 0 aliphatic carbocycles. The molecule has 1 aromatic heterocycles. The van der Waals surface area contributed by atoms with E-state index in [4.69, 9.17) is 32.7 Å². The van der Waals surface area contributed by atoms with E-state index in [9.17, 15) is 4.79 Å². The number of hydrogen-bond donors (Lipinski definition) is 0. The molecule has 1 saturated heterocycles. The van der Waals surface area contributed by atoms with E-state index < -0.39 is 5.72 Å². The van der Waals surface area contributed by atoms with Gasteiger partial charge in [0.15, 0.2) is 5.72 Å². The molecule has 35 heavy (non-hydrogen) atoms. The van der Waals surface area contributed by atoms with Crippen LogP contribution in [0.5, 0.6) is 0 Å². The number of nitrogens with zero attached hydrogens (tertiary/aromatic N) is 2. The van der Waals surface area contributed by atoms with Gasteiger partial charge in [0, 0.05) is 33.3 Å². The first-order valence-corrected chi connectivity index (χ1v) is 12.2. The first-order valence-electron chi connectivity index (χ1n) is 11.4. The van der Waals surface area contributed by atoms with Crippen molar-refractivity contribution in [2.24, 2.45) is 5.41 Å². The van der Waals surface area contributed by atoms with Crippen LogP contribution >= 0.6 is 23.2 Å². The molecule has 2 aliphatic heterocycles. The lowest BCUT2D eigenvalue weighted by Crippen LogP contribution is -2.51. The zero-order valence-corrected chi connectivity index (χ0v) is 21.2. The summed E-state index contributed by atoms with van der Waals surface area (Å²) in [7, 11) is 0. The van der Waals surface area contributed by atoms with E-state index in [2.05, 4.69) is 18.5 Å². The first-order chi connectivity index (χ1) is 16.7. The van der Waals surface area contributed by atoms with Crippen LogP contribution in [-0.4, -0.2) is 35.6 Å². The summed E-state index contributed by atoms with van der Waals surface area (Å²) < 4.78 is 12.3. The number of halogens is 2. The third kappa shape index (κ3) is 4.27. The van der Waals surface area contributed by atoms with Crippen molar-refractivity contribution >= 4 is 34.7 Å². The van der Waals surface area contributed by atoms with Gasteiger partial charge in [-0.15, -0.1) is 0 Å². The normalized spacial score (nSPS) is 20.5. The summed E-state index contributed by atoms with van der Waals surface area (Å²) in [4.78, 5) is 20.2. The Morgan fingerprint density at radius 2 is 1.83 bits per heavy atom. The fraction of sp³-hybridized carbons (Fsp3) is 0.286. The Hall–Kier alpha value is -2.70. The van der Waals surface area contributed by atoms with Crippen LogP contribution in [0.1, 0.15) is 46.6 Å². The fourth-order valence-electron chi connectivity index (χ4n) is 4.60. The van der Waals surface area contributed by atoms with Crippen molar-refractivity contribution in [3.63, 3.8) is 0 Å². The molecule has 0 N–H and O–H groups in total. The largest absolute Gasteiger partial charge is 0.380 e. The van der Waals surface area contributed by atoms with Gasteiger partial charge in [-0.25, -0.2) is 0 Å². The molecule has 0 bridgehead atoms. The molecule has 1 fully saturated rings. The molecule has 5 rings (SSSR count). The first kappa shape index (κ1) is 24.0. The third-order valence-electron chi connectivity index (χ3n) is 6.61. The summed E-state index contributed by atoms with van der Waals surface area (Å²) in [5, 5.41) is 1.14. The maximum atomic E-state index is 14.0. The Kier molecular flexibility index (Phi) is 6.22. The van der Waals surface area contributed by atoms with E-state index >= 15 is 0 Å². The number of carbonyl (C=O) groups is 1. The predicted molar refractivity (Wildman–Crippen MR) is 137 cm³/mol. The summed E-state index contributed by atoms with van der Waals surface area (Å²) >= 11 is 12.3. The molecule has 1 atom stereocenters. The van der Waals surface area contributed by atoms with E-state index in [0.717, 1.165) is 22.3 Å². The van der Waals surface area contributed by atoms with E-state index in [1.54, 1.807) is 17.2 Å². The molecular formula is C28H26Cl2N2O3. The molecule has 7 heteroatoms. The summed E-state index contributed by atoms with van der Waals surface area (Å²) in [5.74, 6) is -0.134. The van der Waals surface area contributed by atoms with Gasteiger partial charge in [-0.3, -0.25) is 14.7 Å². The number of aromatic nitrogens is 1. The van der Waals surface area contributed by atoms with Crippen molar-refractivity contribution in [1.82, 2.24) is 9.88 Å². The molecule has 2 aliphatic rings. The number of fused-ring (bicyclic) bond motifs is 1. The van der Waals surface area contributed by atoms with Crippen LogP contribution in [0.3, 0.4) is 0 Å². The highest BCUT2D eigenvalue weighted by Gasteiger charge is 2.53.